The van der Waals surface area contributed by atoms with E-state index in [1.807, 2.05) is 54.6 Å². The number of imidazole rings is 1. The highest BCUT2D eigenvalue weighted by atomic mass is 16.2. The monoisotopic (exact) mass is 439 g/mol. The second kappa shape index (κ2) is 8.58. The Bertz CT molecular complexity index is 1320. The van der Waals surface area contributed by atoms with Gasteiger partial charge in [0, 0.05) is 0 Å². The molecule has 33 heavy (non-hydrogen) atoms. The second-order valence-corrected chi connectivity index (χ2v) is 7.82. The summed E-state index contributed by atoms with van der Waals surface area (Å²) < 4.78 is 0. The van der Waals surface area contributed by atoms with Gasteiger partial charge in [-0.15, -0.1) is 0 Å². The summed E-state index contributed by atoms with van der Waals surface area (Å²) in [5.41, 5.74) is 3.27. The minimum Gasteiger partial charge on any atom is -0.342 e. The van der Waals surface area contributed by atoms with Crippen molar-refractivity contribution >= 4 is 34.4 Å². The van der Waals surface area contributed by atoms with Crippen LogP contribution in [0.1, 0.15) is 34.2 Å². The molecule has 2 atom stereocenters. The highest BCUT2D eigenvalue weighted by Crippen LogP contribution is 2.23. The fraction of sp³-hybridized carbons (Fsp3) is 0.120. The second-order valence-electron chi connectivity index (χ2n) is 7.82. The van der Waals surface area contributed by atoms with Crippen LogP contribution in [0.4, 0.5) is 5.69 Å². The number of aromatic nitrogens is 2. The molecular weight excluding hydrogens is 418 g/mol. The van der Waals surface area contributed by atoms with Crippen LogP contribution in [0.25, 0.3) is 11.0 Å². The van der Waals surface area contributed by atoms with E-state index in [1.54, 1.807) is 24.3 Å². The molecule has 4 aromatic rings. The number of H-pyrrole nitrogens is 1. The van der Waals surface area contributed by atoms with Crippen LogP contribution in [0, 0.1) is 0 Å². The number of nitrogens with one attached hydrogen (secondary N) is 4. The zero-order valence-electron chi connectivity index (χ0n) is 17.5. The number of hydrogen-bond donors (Lipinski definition) is 4. The van der Waals surface area contributed by atoms with Crippen molar-refractivity contribution in [2.45, 2.75) is 18.5 Å². The van der Waals surface area contributed by atoms with Crippen molar-refractivity contribution in [2.75, 3.05) is 5.32 Å². The van der Waals surface area contributed by atoms with Gasteiger partial charge >= 0.3 is 0 Å². The fourth-order valence-corrected chi connectivity index (χ4v) is 3.92. The van der Waals surface area contributed by atoms with Crippen LogP contribution < -0.4 is 16.0 Å². The Kier molecular flexibility index (Phi) is 5.32. The predicted molar refractivity (Wildman–Crippen MR) is 123 cm³/mol. The highest BCUT2D eigenvalue weighted by molar-refractivity contribution is 6.10. The molecule has 1 aliphatic heterocycles. The average Bonchev–Trinajstić information content (AvgIpc) is 3.22. The molecule has 0 saturated carbocycles. The van der Waals surface area contributed by atoms with Crippen molar-refractivity contribution < 1.29 is 14.4 Å². The van der Waals surface area contributed by atoms with Gasteiger partial charge in [0.05, 0.1) is 28.7 Å². The minimum atomic E-state index is -1.00. The quantitative estimate of drug-likeness (QED) is 0.383. The van der Waals surface area contributed by atoms with Gasteiger partial charge in [0.25, 0.3) is 5.91 Å². The van der Waals surface area contributed by atoms with E-state index in [2.05, 4.69) is 25.9 Å². The molecule has 0 saturated heterocycles. The zero-order chi connectivity index (χ0) is 22.8. The number of rotatable bonds is 5. The van der Waals surface area contributed by atoms with Crippen molar-refractivity contribution in [1.29, 1.82) is 0 Å². The summed E-state index contributed by atoms with van der Waals surface area (Å²) >= 11 is 0. The average molecular weight is 439 g/mol. The van der Waals surface area contributed by atoms with Gasteiger partial charge < -0.3 is 20.9 Å². The molecule has 1 aromatic heterocycles. The van der Waals surface area contributed by atoms with E-state index >= 15 is 0 Å². The van der Waals surface area contributed by atoms with Crippen LogP contribution in [0.15, 0.2) is 78.9 Å². The highest BCUT2D eigenvalue weighted by Gasteiger charge is 2.30. The topological polar surface area (TPSA) is 116 Å². The summed E-state index contributed by atoms with van der Waals surface area (Å²) in [5, 5.41) is 8.35. The normalized spacial score (nSPS) is 16.3. The van der Waals surface area contributed by atoms with Gasteiger partial charge in [-0.2, -0.15) is 0 Å². The Balaban J connectivity index is 1.38. The molecule has 164 valence electrons. The first kappa shape index (κ1) is 20.4. The molecule has 1 aliphatic rings. The summed E-state index contributed by atoms with van der Waals surface area (Å²) in [6, 6.07) is 22.2. The summed E-state index contributed by atoms with van der Waals surface area (Å²) in [6.07, 6.45) is -0.213. The van der Waals surface area contributed by atoms with Gasteiger partial charge in [0.15, 0.2) is 0 Å². The number of aromatic amines is 1. The Morgan fingerprint density at radius 1 is 0.939 bits per heavy atom. The van der Waals surface area contributed by atoms with Gasteiger partial charge in [0.2, 0.25) is 11.8 Å². The van der Waals surface area contributed by atoms with E-state index in [4.69, 9.17) is 0 Å². The molecule has 0 fully saturated rings. The molecule has 0 spiro atoms. The zero-order valence-corrected chi connectivity index (χ0v) is 17.5. The Morgan fingerprint density at radius 2 is 1.67 bits per heavy atom. The van der Waals surface area contributed by atoms with E-state index in [0.717, 1.165) is 16.6 Å². The van der Waals surface area contributed by atoms with Gasteiger partial charge in [-0.05, 0) is 29.8 Å². The number of hydrogen-bond acceptors (Lipinski definition) is 4. The molecule has 3 aromatic carbocycles. The molecule has 4 N–H and O–H groups in total. The van der Waals surface area contributed by atoms with Crippen molar-refractivity contribution in [1.82, 2.24) is 20.6 Å². The van der Waals surface area contributed by atoms with E-state index in [0.29, 0.717) is 17.1 Å². The Morgan fingerprint density at radius 3 is 2.48 bits per heavy atom. The number of benzene rings is 3. The fourth-order valence-electron chi connectivity index (χ4n) is 3.92. The third-order valence-electron chi connectivity index (χ3n) is 5.56. The maximum atomic E-state index is 13.0. The van der Waals surface area contributed by atoms with Gasteiger partial charge in [-0.1, -0.05) is 54.6 Å². The molecule has 1 unspecified atom stereocenters. The number of para-hydroxylation sites is 3. The van der Waals surface area contributed by atoms with Crippen LogP contribution in [-0.4, -0.2) is 33.7 Å². The molecule has 8 heteroatoms. The Hall–Kier alpha value is -4.46. The van der Waals surface area contributed by atoms with Gasteiger partial charge in [-0.25, -0.2) is 4.98 Å². The lowest BCUT2D eigenvalue weighted by atomic mass is 10.1. The number of carbonyl (C=O) groups is 3. The summed E-state index contributed by atoms with van der Waals surface area (Å²) in [6.45, 7) is 0. The van der Waals surface area contributed by atoms with E-state index in [1.165, 1.54) is 0 Å². The largest absolute Gasteiger partial charge is 0.342 e. The lowest BCUT2D eigenvalue weighted by Crippen LogP contribution is -2.45. The van der Waals surface area contributed by atoms with Crippen molar-refractivity contribution in [2.24, 2.45) is 0 Å². The van der Waals surface area contributed by atoms with Gasteiger partial charge in [0.1, 0.15) is 17.9 Å². The lowest BCUT2D eigenvalue weighted by molar-refractivity contribution is -0.126. The van der Waals surface area contributed by atoms with Crippen LogP contribution >= 0.6 is 0 Å². The minimum absolute atomic E-state index is 0.213. The summed E-state index contributed by atoms with van der Waals surface area (Å²) in [5.74, 6) is -0.657. The molecule has 0 bridgehead atoms. The number of fused-ring (bicyclic) bond motifs is 2. The van der Waals surface area contributed by atoms with Crippen LogP contribution in [0.2, 0.25) is 0 Å². The molecule has 0 radical (unpaired) electrons. The first-order valence-corrected chi connectivity index (χ1v) is 10.6. The first-order valence-electron chi connectivity index (χ1n) is 10.6. The number of nitrogens with zero attached hydrogens (tertiary/aromatic N) is 1. The van der Waals surface area contributed by atoms with Crippen molar-refractivity contribution in [3.8, 4) is 0 Å². The van der Waals surface area contributed by atoms with Gasteiger partial charge in [-0.3, -0.25) is 14.4 Å². The molecule has 8 nitrogen and oxygen atoms in total. The first-order chi connectivity index (χ1) is 16.1. The lowest BCUT2D eigenvalue weighted by Gasteiger charge is -2.19. The Labute approximate surface area is 189 Å². The summed E-state index contributed by atoms with van der Waals surface area (Å²) in [7, 11) is 0. The SMILES string of the molecule is O=C(CC1NC(=O)c2ccccc2NC1=O)N[C@@H](c1ccccc1)c1nc2ccccc2[nH]1. The third-order valence-corrected chi connectivity index (χ3v) is 5.56. The smallest absolute Gasteiger partial charge is 0.254 e. The molecule has 2 heterocycles. The number of amides is 3. The molecular formula is C25H21N5O3. The van der Waals surface area contributed by atoms with E-state index < -0.39 is 29.8 Å². The van der Waals surface area contributed by atoms with Crippen molar-refractivity contribution in [3.63, 3.8) is 0 Å². The predicted octanol–water partition coefficient (Wildman–Crippen LogP) is 2.91. The maximum Gasteiger partial charge on any atom is 0.254 e. The van der Waals surface area contributed by atoms with E-state index in [9.17, 15) is 14.4 Å². The van der Waals surface area contributed by atoms with Crippen LogP contribution in [0.3, 0.4) is 0 Å². The number of anilines is 1. The molecule has 3 amide bonds. The summed E-state index contributed by atoms with van der Waals surface area (Å²) in [4.78, 5) is 46.2. The maximum absolute atomic E-state index is 13.0. The van der Waals surface area contributed by atoms with E-state index in [-0.39, 0.29) is 6.42 Å². The standard InChI is InChI=1S/C25H21N5O3/c31-21(14-20-25(33)28-17-11-5-4-10-16(17)24(32)29-20)30-22(15-8-2-1-3-9-15)23-26-18-12-6-7-13-19(18)27-23/h1-13,20,22H,14H2,(H,26,27)(H,28,33)(H,29,32)(H,30,31)/t20?,22-/m0/s1. The third kappa shape index (κ3) is 4.18. The van der Waals surface area contributed by atoms with Crippen molar-refractivity contribution in [3.05, 3.63) is 95.8 Å². The molecule has 5 rings (SSSR count). The van der Waals surface area contributed by atoms with Crippen LogP contribution in [0.5, 0.6) is 0 Å². The number of carbonyl (C=O) groups excluding carboxylic acids is 3. The van der Waals surface area contributed by atoms with Crippen LogP contribution in [-0.2, 0) is 9.59 Å². The molecule has 0 aliphatic carbocycles.